The SMILES string of the molecule is CC1Cc2ccccc2N1CC(=O)Nc1ccc(Cl)cc1F. The molecule has 1 N–H and O–H groups in total. The van der Waals surface area contributed by atoms with E-state index in [1.807, 2.05) is 23.1 Å². The van der Waals surface area contributed by atoms with Gasteiger partial charge in [-0.3, -0.25) is 4.79 Å². The zero-order chi connectivity index (χ0) is 15.7. The smallest absolute Gasteiger partial charge is 0.243 e. The first-order chi connectivity index (χ1) is 10.5. The molecule has 0 saturated carbocycles. The van der Waals surface area contributed by atoms with Crippen LogP contribution >= 0.6 is 11.6 Å². The summed E-state index contributed by atoms with van der Waals surface area (Å²) in [6, 6.07) is 12.5. The van der Waals surface area contributed by atoms with Gasteiger partial charge in [0.2, 0.25) is 5.91 Å². The number of carbonyl (C=O) groups excluding carboxylic acids is 1. The van der Waals surface area contributed by atoms with Crippen LogP contribution in [0, 0.1) is 5.82 Å². The predicted molar refractivity (Wildman–Crippen MR) is 87.0 cm³/mol. The van der Waals surface area contributed by atoms with Gasteiger partial charge in [-0.05, 0) is 43.2 Å². The van der Waals surface area contributed by atoms with Gasteiger partial charge in [-0.1, -0.05) is 29.8 Å². The molecule has 0 saturated heterocycles. The summed E-state index contributed by atoms with van der Waals surface area (Å²) in [5.74, 6) is -0.777. The molecule has 3 rings (SSSR count). The van der Waals surface area contributed by atoms with Crippen LogP contribution in [0.2, 0.25) is 5.02 Å². The summed E-state index contributed by atoms with van der Waals surface area (Å²) in [5.41, 5.74) is 2.46. The average molecular weight is 319 g/mol. The molecule has 0 aliphatic carbocycles. The van der Waals surface area contributed by atoms with Gasteiger partial charge >= 0.3 is 0 Å². The minimum Gasteiger partial charge on any atom is -0.359 e. The van der Waals surface area contributed by atoms with E-state index in [9.17, 15) is 9.18 Å². The summed E-state index contributed by atoms with van der Waals surface area (Å²) < 4.78 is 13.7. The molecule has 0 fully saturated rings. The highest BCUT2D eigenvalue weighted by Crippen LogP contribution is 2.31. The van der Waals surface area contributed by atoms with Crippen molar-refractivity contribution < 1.29 is 9.18 Å². The first-order valence-electron chi connectivity index (χ1n) is 7.14. The topological polar surface area (TPSA) is 32.3 Å². The van der Waals surface area contributed by atoms with E-state index < -0.39 is 5.82 Å². The second-order valence-corrected chi connectivity index (χ2v) is 5.92. The van der Waals surface area contributed by atoms with Gasteiger partial charge in [0, 0.05) is 16.8 Å². The molecule has 1 aliphatic rings. The Balaban J connectivity index is 1.72. The Morgan fingerprint density at radius 2 is 2.14 bits per heavy atom. The highest BCUT2D eigenvalue weighted by atomic mass is 35.5. The number of nitrogens with one attached hydrogen (secondary N) is 1. The lowest BCUT2D eigenvalue weighted by Crippen LogP contribution is -2.37. The number of carbonyl (C=O) groups is 1. The number of hydrogen-bond donors (Lipinski definition) is 1. The number of rotatable bonds is 3. The zero-order valence-corrected chi connectivity index (χ0v) is 12.9. The van der Waals surface area contributed by atoms with Crippen molar-refractivity contribution in [2.45, 2.75) is 19.4 Å². The van der Waals surface area contributed by atoms with Crippen molar-refractivity contribution in [3.63, 3.8) is 0 Å². The van der Waals surface area contributed by atoms with Gasteiger partial charge in [0.1, 0.15) is 5.82 Å². The fraction of sp³-hybridized carbons (Fsp3) is 0.235. The van der Waals surface area contributed by atoms with Gasteiger partial charge in [-0.25, -0.2) is 4.39 Å². The van der Waals surface area contributed by atoms with Crippen LogP contribution < -0.4 is 10.2 Å². The summed E-state index contributed by atoms with van der Waals surface area (Å²) in [6.45, 7) is 2.27. The lowest BCUT2D eigenvalue weighted by Gasteiger charge is -2.24. The third kappa shape index (κ3) is 2.92. The molecule has 0 radical (unpaired) electrons. The minimum absolute atomic E-state index is 0.148. The molecule has 1 atom stereocenters. The third-order valence-corrected chi connectivity index (χ3v) is 4.10. The highest BCUT2D eigenvalue weighted by molar-refractivity contribution is 6.30. The maximum absolute atomic E-state index is 13.7. The van der Waals surface area contributed by atoms with Gasteiger partial charge < -0.3 is 10.2 Å². The molecule has 114 valence electrons. The molecule has 1 unspecified atom stereocenters. The van der Waals surface area contributed by atoms with E-state index in [0.717, 1.165) is 12.1 Å². The van der Waals surface area contributed by atoms with Crippen molar-refractivity contribution in [3.8, 4) is 0 Å². The quantitative estimate of drug-likeness (QED) is 0.931. The van der Waals surface area contributed by atoms with Crippen LogP contribution in [0.25, 0.3) is 0 Å². The maximum atomic E-state index is 13.7. The van der Waals surface area contributed by atoms with E-state index in [0.29, 0.717) is 5.02 Å². The van der Waals surface area contributed by atoms with Crippen molar-refractivity contribution in [3.05, 3.63) is 58.9 Å². The Morgan fingerprint density at radius 1 is 1.36 bits per heavy atom. The largest absolute Gasteiger partial charge is 0.359 e. The number of benzene rings is 2. The lowest BCUT2D eigenvalue weighted by molar-refractivity contribution is -0.115. The molecule has 0 aromatic heterocycles. The molecule has 22 heavy (non-hydrogen) atoms. The number of halogens is 2. The number of amides is 1. The van der Waals surface area contributed by atoms with E-state index in [1.165, 1.54) is 17.7 Å². The zero-order valence-electron chi connectivity index (χ0n) is 12.1. The van der Waals surface area contributed by atoms with Crippen molar-refractivity contribution in [1.29, 1.82) is 0 Å². The van der Waals surface area contributed by atoms with Gasteiger partial charge in [0.15, 0.2) is 0 Å². The maximum Gasteiger partial charge on any atom is 0.243 e. The molecule has 1 heterocycles. The fourth-order valence-corrected chi connectivity index (χ4v) is 2.96. The second kappa shape index (κ2) is 5.97. The first kappa shape index (κ1) is 14.9. The second-order valence-electron chi connectivity index (χ2n) is 5.48. The Hall–Kier alpha value is -2.07. The molecule has 0 spiro atoms. The normalized spacial score (nSPS) is 16.5. The van der Waals surface area contributed by atoms with Gasteiger partial charge in [-0.2, -0.15) is 0 Å². The van der Waals surface area contributed by atoms with Crippen molar-refractivity contribution in [2.75, 3.05) is 16.8 Å². The van der Waals surface area contributed by atoms with Crippen LogP contribution in [-0.2, 0) is 11.2 Å². The summed E-state index contributed by atoms with van der Waals surface area (Å²) in [6.07, 6.45) is 0.915. The predicted octanol–water partition coefficient (Wildman–Crippen LogP) is 3.87. The molecular formula is C17H16ClFN2O. The van der Waals surface area contributed by atoms with E-state index in [2.05, 4.69) is 18.3 Å². The number of nitrogens with zero attached hydrogens (tertiary/aromatic N) is 1. The molecule has 3 nitrogen and oxygen atoms in total. The Kier molecular flexibility index (Phi) is 4.03. The van der Waals surface area contributed by atoms with Gasteiger partial charge in [0.25, 0.3) is 0 Å². The summed E-state index contributed by atoms with van der Waals surface area (Å²) >= 11 is 5.71. The molecular weight excluding hydrogens is 303 g/mol. The Morgan fingerprint density at radius 3 is 2.91 bits per heavy atom. The number of para-hydroxylation sites is 1. The fourth-order valence-electron chi connectivity index (χ4n) is 2.81. The van der Waals surface area contributed by atoms with Crippen LogP contribution in [0.15, 0.2) is 42.5 Å². The van der Waals surface area contributed by atoms with Crippen molar-refractivity contribution in [2.24, 2.45) is 0 Å². The molecule has 1 amide bonds. The number of fused-ring (bicyclic) bond motifs is 1. The van der Waals surface area contributed by atoms with Crippen molar-refractivity contribution >= 4 is 28.9 Å². The summed E-state index contributed by atoms with van der Waals surface area (Å²) in [4.78, 5) is 14.2. The summed E-state index contributed by atoms with van der Waals surface area (Å²) in [7, 11) is 0. The standard InChI is InChI=1S/C17H16ClFN2O/c1-11-8-12-4-2-3-5-16(12)21(11)10-17(22)20-15-7-6-13(18)9-14(15)19/h2-7,9,11H,8,10H2,1H3,(H,20,22). The van der Waals surface area contributed by atoms with E-state index >= 15 is 0 Å². The highest BCUT2D eigenvalue weighted by Gasteiger charge is 2.27. The number of hydrogen-bond acceptors (Lipinski definition) is 2. The Labute approximate surface area is 133 Å². The third-order valence-electron chi connectivity index (χ3n) is 3.87. The van der Waals surface area contributed by atoms with E-state index in [4.69, 9.17) is 11.6 Å². The van der Waals surface area contributed by atoms with Crippen LogP contribution in [-0.4, -0.2) is 18.5 Å². The summed E-state index contributed by atoms with van der Waals surface area (Å²) in [5, 5.41) is 2.90. The van der Waals surface area contributed by atoms with Crippen LogP contribution in [0.5, 0.6) is 0 Å². The average Bonchev–Trinajstić information content (AvgIpc) is 2.78. The lowest BCUT2D eigenvalue weighted by atomic mass is 10.1. The van der Waals surface area contributed by atoms with Gasteiger partial charge in [0.05, 0.1) is 12.2 Å². The molecule has 5 heteroatoms. The number of anilines is 2. The molecule has 1 aliphatic heterocycles. The van der Waals surface area contributed by atoms with Crippen LogP contribution in [0.3, 0.4) is 0 Å². The van der Waals surface area contributed by atoms with Crippen molar-refractivity contribution in [1.82, 2.24) is 0 Å². The minimum atomic E-state index is -0.532. The van der Waals surface area contributed by atoms with Crippen LogP contribution in [0.1, 0.15) is 12.5 Å². The molecule has 2 aromatic rings. The Bertz CT molecular complexity index is 720. The van der Waals surface area contributed by atoms with E-state index in [1.54, 1.807) is 6.07 Å². The molecule has 2 aromatic carbocycles. The first-order valence-corrected chi connectivity index (χ1v) is 7.52. The monoisotopic (exact) mass is 318 g/mol. The molecule has 0 bridgehead atoms. The van der Waals surface area contributed by atoms with E-state index in [-0.39, 0.29) is 24.2 Å². The van der Waals surface area contributed by atoms with Crippen LogP contribution in [0.4, 0.5) is 15.8 Å². The van der Waals surface area contributed by atoms with Gasteiger partial charge in [-0.15, -0.1) is 0 Å².